The van der Waals surface area contributed by atoms with Gasteiger partial charge in [0.2, 0.25) is 11.8 Å². The summed E-state index contributed by atoms with van der Waals surface area (Å²) < 4.78 is 13.4. The van der Waals surface area contributed by atoms with Crippen molar-refractivity contribution in [1.82, 2.24) is 15.5 Å². The molecule has 0 spiro atoms. The van der Waals surface area contributed by atoms with E-state index in [-0.39, 0.29) is 42.5 Å². The van der Waals surface area contributed by atoms with Crippen LogP contribution in [0, 0.1) is 5.82 Å². The third kappa shape index (κ3) is 8.31. The van der Waals surface area contributed by atoms with E-state index in [0.717, 1.165) is 24.9 Å². The van der Waals surface area contributed by atoms with E-state index in [0.29, 0.717) is 38.0 Å². The van der Waals surface area contributed by atoms with E-state index in [1.807, 2.05) is 35.2 Å². The van der Waals surface area contributed by atoms with Crippen LogP contribution in [0.25, 0.3) is 0 Å². The number of rotatable bonds is 3. The number of hydrogen-bond acceptors (Lipinski definition) is 3. The van der Waals surface area contributed by atoms with Gasteiger partial charge in [0.1, 0.15) is 5.82 Å². The average molecular weight is 448 g/mol. The van der Waals surface area contributed by atoms with E-state index in [4.69, 9.17) is 0 Å². The van der Waals surface area contributed by atoms with Crippen molar-refractivity contribution in [3.8, 4) is 0 Å². The molecule has 1 unspecified atom stereocenters. The Hall–Kier alpha value is -2.44. The molecule has 168 valence electrons. The Bertz CT molecular complexity index is 835. The molecular weight excluding hydrogens is 417 g/mol. The molecule has 0 bridgehead atoms. The van der Waals surface area contributed by atoms with Crippen molar-refractivity contribution in [2.24, 2.45) is 0 Å². The van der Waals surface area contributed by atoms with Gasteiger partial charge in [0, 0.05) is 32.1 Å². The van der Waals surface area contributed by atoms with Gasteiger partial charge in [-0.2, -0.15) is 0 Å². The van der Waals surface area contributed by atoms with Gasteiger partial charge in [-0.25, -0.2) is 4.39 Å². The van der Waals surface area contributed by atoms with Crippen LogP contribution in [-0.4, -0.2) is 42.9 Å². The molecule has 0 aromatic heterocycles. The lowest BCUT2D eigenvalue weighted by atomic mass is 10.0. The Balaban J connectivity index is 0.00000341. The highest BCUT2D eigenvalue weighted by Gasteiger charge is 2.18. The Morgan fingerprint density at radius 1 is 1.00 bits per heavy atom. The van der Waals surface area contributed by atoms with Gasteiger partial charge in [-0.15, -0.1) is 12.4 Å². The summed E-state index contributed by atoms with van der Waals surface area (Å²) in [6.45, 7) is 2.56. The van der Waals surface area contributed by atoms with Crippen LogP contribution < -0.4 is 10.6 Å². The summed E-state index contributed by atoms with van der Waals surface area (Å²) in [5, 5.41) is 6.46. The summed E-state index contributed by atoms with van der Waals surface area (Å²) in [6, 6.07) is 16.2. The maximum atomic E-state index is 13.4. The second kappa shape index (κ2) is 13.1. The number of carbonyl (C=O) groups is 2. The van der Waals surface area contributed by atoms with E-state index in [1.54, 1.807) is 12.1 Å². The van der Waals surface area contributed by atoms with Crippen molar-refractivity contribution >= 4 is 24.2 Å². The van der Waals surface area contributed by atoms with Crippen molar-refractivity contribution in [1.29, 1.82) is 0 Å². The van der Waals surface area contributed by atoms with Crippen molar-refractivity contribution in [2.75, 3.05) is 26.2 Å². The first-order valence-electron chi connectivity index (χ1n) is 10.7. The van der Waals surface area contributed by atoms with Crippen LogP contribution in [0.1, 0.15) is 42.9 Å². The van der Waals surface area contributed by atoms with E-state index in [1.165, 1.54) is 12.1 Å². The molecule has 0 saturated carbocycles. The molecule has 1 aliphatic rings. The molecule has 2 aromatic carbocycles. The number of hydrogen-bond donors (Lipinski definition) is 2. The van der Waals surface area contributed by atoms with Gasteiger partial charge in [0.05, 0.1) is 6.42 Å². The van der Waals surface area contributed by atoms with E-state index >= 15 is 0 Å². The molecule has 5 nitrogen and oxygen atoms in total. The maximum absolute atomic E-state index is 13.4. The topological polar surface area (TPSA) is 61.4 Å². The highest BCUT2D eigenvalue weighted by molar-refractivity contribution is 5.85. The van der Waals surface area contributed by atoms with E-state index < -0.39 is 0 Å². The fourth-order valence-electron chi connectivity index (χ4n) is 3.75. The summed E-state index contributed by atoms with van der Waals surface area (Å²) >= 11 is 0. The largest absolute Gasteiger partial charge is 0.356 e. The van der Waals surface area contributed by atoms with Gasteiger partial charge in [0.15, 0.2) is 0 Å². The Morgan fingerprint density at radius 3 is 2.55 bits per heavy atom. The first-order chi connectivity index (χ1) is 14.6. The Kier molecular flexibility index (Phi) is 10.5. The Labute approximate surface area is 189 Å². The lowest BCUT2D eigenvalue weighted by Gasteiger charge is -2.23. The first-order valence-corrected chi connectivity index (χ1v) is 10.7. The highest BCUT2D eigenvalue weighted by atomic mass is 35.5. The highest BCUT2D eigenvalue weighted by Crippen LogP contribution is 2.17. The average Bonchev–Trinajstić information content (AvgIpc) is 2.76. The smallest absolute Gasteiger partial charge is 0.226 e. The van der Waals surface area contributed by atoms with Crippen LogP contribution in [0.4, 0.5) is 4.39 Å². The fraction of sp³-hybridized carbons (Fsp3) is 0.417. The van der Waals surface area contributed by atoms with Gasteiger partial charge < -0.3 is 15.5 Å². The summed E-state index contributed by atoms with van der Waals surface area (Å²) in [5.41, 5.74) is 1.79. The van der Waals surface area contributed by atoms with Crippen LogP contribution in [0.3, 0.4) is 0 Å². The predicted molar refractivity (Wildman–Crippen MR) is 123 cm³/mol. The van der Waals surface area contributed by atoms with Crippen LogP contribution in [0.2, 0.25) is 0 Å². The molecule has 7 heteroatoms. The van der Waals surface area contributed by atoms with Gasteiger partial charge in [0.25, 0.3) is 0 Å². The first kappa shape index (κ1) is 24.8. The van der Waals surface area contributed by atoms with Crippen LogP contribution in [0.15, 0.2) is 54.6 Å². The number of carbonyl (C=O) groups excluding carboxylic acids is 2. The molecule has 31 heavy (non-hydrogen) atoms. The minimum Gasteiger partial charge on any atom is -0.356 e. The zero-order valence-electron chi connectivity index (χ0n) is 17.7. The summed E-state index contributed by atoms with van der Waals surface area (Å²) in [5.74, 6) is -0.322. The number of nitrogens with zero attached hydrogens (tertiary/aromatic N) is 1. The lowest BCUT2D eigenvalue weighted by molar-refractivity contribution is -0.130. The maximum Gasteiger partial charge on any atom is 0.226 e. The molecule has 1 atom stereocenters. The SMILES string of the molecule is Cl.O=C1CC(c2ccccc2)NCCCCN(C(=O)Cc2cccc(F)c2)CCCN1. The molecule has 0 radical (unpaired) electrons. The summed E-state index contributed by atoms with van der Waals surface area (Å²) in [6.07, 6.45) is 3.08. The Morgan fingerprint density at radius 2 is 1.77 bits per heavy atom. The molecule has 1 aliphatic heterocycles. The second-order valence-corrected chi connectivity index (χ2v) is 7.72. The molecule has 0 aliphatic carbocycles. The zero-order valence-corrected chi connectivity index (χ0v) is 18.5. The number of halogens is 2. The number of amides is 2. The number of benzene rings is 2. The molecule has 2 N–H and O–H groups in total. The zero-order chi connectivity index (χ0) is 21.2. The van der Waals surface area contributed by atoms with E-state index in [9.17, 15) is 14.0 Å². The summed E-state index contributed by atoms with van der Waals surface area (Å²) in [7, 11) is 0. The molecular formula is C24H31ClFN3O2. The third-order valence-electron chi connectivity index (χ3n) is 5.36. The van der Waals surface area contributed by atoms with Gasteiger partial charge in [-0.3, -0.25) is 9.59 Å². The standard InChI is InChI=1S/C24H30FN3O2.ClH/c25-21-11-6-8-19(16-21)17-24(30)28-14-5-4-12-26-22(20-9-2-1-3-10-20)18-23(29)27-13-7-15-28;/h1-3,6,8-11,16,22,26H,4-5,7,12-15,17-18H2,(H,27,29);1H. The third-order valence-corrected chi connectivity index (χ3v) is 5.36. The normalized spacial score (nSPS) is 18.5. The monoisotopic (exact) mass is 447 g/mol. The summed E-state index contributed by atoms with van der Waals surface area (Å²) in [4.78, 5) is 27.0. The van der Waals surface area contributed by atoms with Gasteiger partial charge >= 0.3 is 0 Å². The van der Waals surface area contributed by atoms with Crippen LogP contribution >= 0.6 is 12.4 Å². The number of nitrogens with one attached hydrogen (secondary N) is 2. The van der Waals surface area contributed by atoms with Crippen LogP contribution in [-0.2, 0) is 16.0 Å². The van der Waals surface area contributed by atoms with Gasteiger partial charge in [-0.1, -0.05) is 42.5 Å². The van der Waals surface area contributed by atoms with Crippen molar-refractivity contribution < 1.29 is 14.0 Å². The van der Waals surface area contributed by atoms with E-state index in [2.05, 4.69) is 10.6 Å². The second-order valence-electron chi connectivity index (χ2n) is 7.72. The molecule has 1 fully saturated rings. The predicted octanol–water partition coefficient (Wildman–Crippen LogP) is 3.64. The molecule has 3 rings (SSSR count). The minimum absolute atomic E-state index is 0. The van der Waals surface area contributed by atoms with Crippen molar-refractivity contribution in [2.45, 2.75) is 38.1 Å². The lowest BCUT2D eigenvalue weighted by Crippen LogP contribution is -2.36. The van der Waals surface area contributed by atoms with Gasteiger partial charge in [-0.05, 0) is 49.1 Å². The molecule has 1 saturated heterocycles. The molecule has 1 heterocycles. The molecule has 2 amide bonds. The van der Waals surface area contributed by atoms with Crippen molar-refractivity contribution in [3.05, 3.63) is 71.5 Å². The minimum atomic E-state index is -0.327. The van der Waals surface area contributed by atoms with Crippen LogP contribution in [0.5, 0.6) is 0 Å². The quantitative estimate of drug-likeness (QED) is 0.755. The fourth-order valence-corrected chi connectivity index (χ4v) is 3.75. The molecule has 2 aromatic rings. The van der Waals surface area contributed by atoms with Crippen molar-refractivity contribution in [3.63, 3.8) is 0 Å².